The third-order valence-corrected chi connectivity index (χ3v) is 5.14. The van der Waals surface area contributed by atoms with Gasteiger partial charge in [-0.2, -0.15) is 0 Å². The van der Waals surface area contributed by atoms with Crippen molar-refractivity contribution in [2.75, 3.05) is 12.3 Å². The van der Waals surface area contributed by atoms with Crippen LogP contribution in [0.25, 0.3) is 0 Å². The van der Waals surface area contributed by atoms with Crippen molar-refractivity contribution in [3.8, 4) is 0 Å². The molecule has 0 saturated heterocycles. The maximum Gasteiger partial charge on any atom is 0.198 e. The van der Waals surface area contributed by atoms with Gasteiger partial charge in [-0.05, 0) is 26.0 Å². The molecular weight excluding hydrogens is 306 g/mol. The maximum absolute atomic E-state index is 10.4. The number of hydrogen-bond acceptors (Lipinski definition) is 4. The molecular formula is C15H23NO3S2. The molecule has 1 aromatic rings. The summed E-state index contributed by atoms with van der Waals surface area (Å²) in [5, 5.41) is 0. The third kappa shape index (κ3) is 6.63. The van der Waals surface area contributed by atoms with Gasteiger partial charge in [0, 0.05) is 6.42 Å². The Morgan fingerprint density at radius 2 is 1.95 bits per heavy atom. The van der Waals surface area contributed by atoms with Crippen LogP contribution in [0.4, 0.5) is 0 Å². The second kappa shape index (κ2) is 8.56. The molecule has 1 aliphatic rings. The van der Waals surface area contributed by atoms with Crippen LogP contribution < -0.4 is 0 Å². The highest BCUT2D eigenvalue weighted by Gasteiger charge is 2.20. The van der Waals surface area contributed by atoms with Crippen LogP contribution in [0.5, 0.6) is 0 Å². The number of aryl methyl sites for hydroxylation is 1. The van der Waals surface area contributed by atoms with Gasteiger partial charge in [0.15, 0.2) is 11.6 Å². The molecule has 0 N–H and O–H groups in total. The van der Waals surface area contributed by atoms with E-state index in [2.05, 4.69) is 24.0 Å². The van der Waals surface area contributed by atoms with Crippen molar-refractivity contribution in [2.24, 2.45) is 0 Å². The number of unbranched alkanes of at least 4 members (excludes halogenated alkanes) is 1. The summed E-state index contributed by atoms with van der Waals surface area (Å²) in [5.41, 5.74) is 3.21. The van der Waals surface area contributed by atoms with Gasteiger partial charge in [-0.15, -0.1) is 0 Å². The molecule has 0 saturated carbocycles. The molecule has 0 spiro atoms. The van der Waals surface area contributed by atoms with Crippen LogP contribution in [0.15, 0.2) is 29.2 Å². The van der Waals surface area contributed by atoms with Gasteiger partial charge < -0.3 is 4.55 Å². The van der Waals surface area contributed by atoms with Crippen molar-refractivity contribution in [1.29, 1.82) is 0 Å². The Balaban J connectivity index is 0.000000211. The Morgan fingerprint density at radius 1 is 1.33 bits per heavy atom. The zero-order valence-corrected chi connectivity index (χ0v) is 14.4. The summed E-state index contributed by atoms with van der Waals surface area (Å²) in [6, 6.07) is 6.56. The molecule has 21 heavy (non-hydrogen) atoms. The van der Waals surface area contributed by atoms with E-state index in [0.29, 0.717) is 0 Å². The van der Waals surface area contributed by atoms with Gasteiger partial charge in [-0.25, -0.2) is 13.0 Å². The summed E-state index contributed by atoms with van der Waals surface area (Å²) >= 11 is 1.94. The highest BCUT2D eigenvalue weighted by atomic mass is 32.2. The monoisotopic (exact) mass is 329 g/mol. The van der Waals surface area contributed by atoms with Gasteiger partial charge in [-0.3, -0.25) is 0 Å². The first-order chi connectivity index (χ1) is 9.84. The van der Waals surface area contributed by atoms with E-state index in [9.17, 15) is 13.0 Å². The van der Waals surface area contributed by atoms with Crippen molar-refractivity contribution in [2.45, 2.75) is 44.6 Å². The number of rotatable bonds is 4. The van der Waals surface area contributed by atoms with Gasteiger partial charge in [0.05, 0.1) is 10.6 Å². The molecule has 6 heteroatoms. The first kappa shape index (κ1) is 18.2. The summed E-state index contributed by atoms with van der Waals surface area (Å²) in [7, 11) is -4.27. The quantitative estimate of drug-likeness (QED) is 0.629. The first-order valence-electron chi connectivity index (χ1n) is 7.08. The van der Waals surface area contributed by atoms with Gasteiger partial charge in [0.1, 0.15) is 16.7 Å². The minimum atomic E-state index is -4.27. The SMILES string of the molecule is CCCC[N+]1=CSCC1C.Cc1ccc(S(=O)(=O)[O-])cc1. The first-order valence-corrected chi connectivity index (χ1v) is 9.53. The largest absolute Gasteiger partial charge is 0.744 e. The number of benzene rings is 1. The maximum atomic E-state index is 10.4. The lowest BCUT2D eigenvalue weighted by Crippen LogP contribution is -2.21. The van der Waals surface area contributed by atoms with Crippen molar-refractivity contribution in [3.05, 3.63) is 29.8 Å². The number of nitrogens with zero attached hydrogens (tertiary/aromatic N) is 1. The lowest BCUT2D eigenvalue weighted by atomic mass is 10.2. The second-order valence-electron chi connectivity index (χ2n) is 5.15. The molecule has 1 aliphatic heterocycles. The summed E-state index contributed by atoms with van der Waals surface area (Å²) in [4.78, 5) is -0.178. The van der Waals surface area contributed by atoms with Crippen LogP contribution >= 0.6 is 11.8 Å². The molecule has 0 bridgehead atoms. The Hall–Kier alpha value is -0.850. The van der Waals surface area contributed by atoms with E-state index in [1.54, 1.807) is 12.1 Å². The fourth-order valence-electron chi connectivity index (χ4n) is 1.80. The molecule has 1 aromatic carbocycles. The molecule has 0 amide bonds. The molecule has 2 rings (SSSR count). The van der Waals surface area contributed by atoms with E-state index in [4.69, 9.17) is 0 Å². The van der Waals surface area contributed by atoms with Gasteiger partial charge in [0.2, 0.25) is 0 Å². The van der Waals surface area contributed by atoms with E-state index in [-0.39, 0.29) is 4.90 Å². The number of thioether (sulfide) groups is 1. The normalized spacial score (nSPS) is 17.9. The van der Waals surface area contributed by atoms with E-state index < -0.39 is 10.1 Å². The molecule has 0 fully saturated rings. The van der Waals surface area contributed by atoms with Gasteiger partial charge in [0.25, 0.3) is 0 Å². The molecule has 1 unspecified atom stereocenters. The van der Waals surface area contributed by atoms with Crippen LogP contribution in [-0.4, -0.2) is 41.4 Å². The van der Waals surface area contributed by atoms with Crippen LogP contribution in [0.1, 0.15) is 32.3 Å². The van der Waals surface area contributed by atoms with E-state index >= 15 is 0 Å². The molecule has 0 aliphatic carbocycles. The molecule has 4 nitrogen and oxygen atoms in total. The fourth-order valence-corrected chi connectivity index (χ4v) is 3.33. The average molecular weight is 329 g/mol. The molecule has 0 radical (unpaired) electrons. The van der Waals surface area contributed by atoms with Crippen molar-refractivity contribution in [1.82, 2.24) is 0 Å². The van der Waals surface area contributed by atoms with Crippen LogP contribution in [0.2, 0.25) is 0 Å². The van der Waals surface area contributed by atoms with Crippen molar-refractivity contribution >= 4 is 27.4 Å². The fraction of sp³-hybridized carbons (Fsp3) is 0.533. The zero-order valence-electron chi connectivity index (χ0n) is 12.8. The van der Waals surface area contributed by atoms with Gasteiger partial charge >= 0.3 is 0 Å². The summed E-state index contributed by atoms with van der Waals surface area (Å²) < 4.78 is 33.6. The Morgan fingerprint density at radius 3 is 2.38 bits per heavy atom. The standard InChI is InChI=1S/C8H16NS.C7H8O3S/c1-3-4-5-9-7-10-6-8(9)2;1-6-2-4-7(5-3-6)11(8,9)10/h7-8H,3-6H2,1-2H3;2-5H,1H3,(H,8,9,10)/q+1;/p-1. The topological polar surface area (TPSA) is 60.2 Å². The highest BCUT2D eigenvalue weighted by molar-refractivity contribution is 8.12. The highest BCUT2D eigenvalue weighted by Crippen LogP contribution is 2.11. The molecule has 1 heterocycles. The zero-order chi connectivity index (χ0) is 15.9. The minimum Gasteiger partial charge on any atom is -0.744 e. The number of hydrogen-bond donors (Lipinski definition) is 0. The average Bonchev–Trinajstić information content (AvgIpc) is 2.82. The predicted molar refractivity (Wildman–Crippen MR) is 87.2 cm³/mol. The summed E-state index contributed by atoms with van der Waals surface area (Å²) in [6.07, 6.45) is 2.64. The molecule has 1 atom stereocenters. The van der Waals surface area contributed by atoms with E-state index in [0.717, 1.165) is 11.6 Å². The van der Waals surface area contributed by atoms with E-state index in [1.165, 1.54) is 37.3 Å². The van der Waals surface area contributed by atoms with Crippen LogP contribution in [-0.2, 0) is 10.1 Å². The second-order valence-corrected chi connectivity index (χ2v) is 7.40. The lowest BCUT2D eigenvalue weighted by Gasteiger charge is -2.05. The Bertz CT molecular complexity index is 565. The molecule has 118 valence electrons. The van der Waals surface area contributed by atoms with Crippen molar-refractivity contribution in [3.63, 3.8) is 0 Å². The third-order valence-electron chi connectivity index (χ3n) is 3.19. The van der Waals surface area contributed by atoms with E-state index in [1.807, 2.05) is 18.7 Å². The lowest BCUT2D eigenvalue weighted by molar-refractivity contribution is -0.548. The minimum absolute atomic E-state index is 0.178. The summed E-state index contributed by atoms with van der Waals surface area (Å²) in [5.74, 6) is 1.28. The Labute approximate surface area is 132 Å². The predicted octanol–water partition coefficient (Wildman–Crippen LogP) is 2.86. The van der Waals surface area contributed by atoms with Gasteiger partial charge in [-0.1, -0.05) is 42.8 Å². The Kier molecular flexibility index (Phi) is 7.42. The van der Waals surface area contributed by atoms with Crippen LogP contribution in [0.3, 0.4) is 0 Å². The van der Waals surface area contributed by atoms with Crippen LogP contribution in [0, 0.1) is 6.92 Å². The van der Waals surface area contributed by atoms with Crippen molar-refractivity contribution < 1.29 is 17.5 Å². The summed E-state index contributed by atoms with van der Waals surface area (Å²) in [6.45, 7) is 7.62. The smallest absolute Gasteiger partial charge is 0.198 e. The molecule has 0 aromatic heterocycles.